The molecule has 1 unspecified atom stereocenters. The van der Waals surface area contributed by atoms with E-state index in [0.29, 0.717) is 56.9 Å². The molecule has 1 aliphatic carbocycles. The molecular formula is C70H84F4N6O17S5. The molecule has 1 atom stereocenters. The van der Waals surface area contributed by atoms with Crippen LogP contribution in [0, 0.1) is 70.2 Å². The van der Waals surface area contributed by atoms with E-state index >= 15 is 17.6 Å². The van der Waals surface area contributed by atoms with E-state index in [2.05, 4.69) is 5.32 Å². The molecule has 0 saturated carbocycles. The van der Waals surface area contributed by atoms with Crippen molar-refractivity contribution in [3.05, 3.63) is 135 Å². The van der Waals surface area contributed by atoms with E-state index in [1.165, 1.54) is 43.1 Å². The van der Waals surface area contributed by atoms with Gasteiger partial charge in [-0.2, -0.15) is 8.61 Å². The van der Waals surface area contributed by atoms with E-state index in [-0.39, 0.29) is 106 Å². The second-order valence-corrected chi connectivity index (χ2v) is 33.2. The van der Waals surface area contributed by atoms with Gasteiger partial charge in [0.2, 0.25) is 20.0 Å². The van der Waals surface area contributed by atoms with Gasteiger partial charge < -0.3 is 34.0 Å². The predicted molar refractivity (Wildman–Crippen MR) is 378 cm³/mol. The summed E-state index contributed by atoms with van der Waals surface area (Å²) in [6.45, 7) is 25.5. The smallest absolute Gasteiger partial charge is 0.407 e. The quantitative estimate of drug-likeness (QED) is 0.00691. The molecule has 2 aliphatic rings. The van der Waals surface area contributed by atoms with E-state index in [1.807, 2.05) is 25.7 Å². The van der Waals surface area contributed by atoms with Gasteiger partial charge in [0.1, 0.15) is 30.7 Å². The van der Waals surface area contributed by atoms with E-state index in [1.54, 1.807) is 119 Å². The van der Waals surface area contributed by atoms with Gasteiger partial charge in [0.25, 0.3) is 20.0 Å². The lowest BCUT2D eigenvalue weighted by Gasteiger charge is -2.34. The van der Waals surface area contributed by atoms with E-state index in [0.717, 1.165) is 6.07 Å². The highest BCUT2D eigenvalue weighted by atomic mass is 32.3. The maximum atomic E-state index is 16.4. The number of thioether (sulfide) groups is 1. The first-order valence-electron chi connectivity index (χ1n) is 32.6. The minimum atomic E-state index is -6.22. The number of hydrogen-bond acceptors (Lipinski definition) is 19. The van der Waals surface area contributed by atoms with Crippen LogP contribution in [0.15, 0.2) is 107 Å². The van der Waals surface area contributed by atoms with Crippen LogP contribution >= 0.6 is 11.8 Å². The summed E-state index contributed by atoms with van der Waals surface area (Å²) in [6, 6.07) is 17.5. The highest BCUT2D eigenvalue weighted by Gasteiger charge is 2.39. The molecule has 0 saturated heterocycles. The summed E-state index contributed by atoms with van der Waals surface area (Å²) in [6.07, 6.45) is -3.95. The van der Waals surface area contributed by atoms with Crippen molar-refractivity contribution >= 4 is 104 Å². The number of rotatable bonds is 31. The number of aryl methyl sites for hydroxylation is 4. The minimum Gasteiger partial charge on any atom is -0.481 e. The van der Waals surface area contributed by atoms with E-state index in [4.69, 9.17) is 28.7 Å². The Kier molecular flexibility index (Phi) is 26.1. The lowest BCUT2D eigenvalue weighted by molar-refractivity contribution is -0.154. The number of nitrogens with one attached hydrogen (secondary N) is 2. The number of nitrogens with zero attached hydrogens (tertiary/aromatic N) is 4. The molecule has 5 aromatic carbocycles. The fourth-order valence-electron chi connectivity index (χ4n) is 11.9. The Balaban J connectivity index is 1.35. The summed E-state index contributed by atoms with van der Waals surface area (Å²) in [5.74, 6) is -13.9. The number of esters is 2. The molecule has 102 heavy (non-hydrogen) atoms. The number of ether oxygens (including phenoxy) is 3. The van der Waals surface area contributed by atoms with Gasteiger partial charge in [0.05, 0.1) is 55.4 Å². The highest BCUT2D eigenvalue weighted by molar-refractivity contribution is 8.04. The normalized spacial score (nSPS) is 13.0. The van der Waals surface area contributed by atoms with Crippen LogP contribution in [-0.2, 0) is 68.7 Å². The predicted octanol–water partition coefficient (Wildman–Crippen LogP) is 12.7. The van der Waals surface area contributed by atoms with Crippen molar-refractivity contribution < 1.29 is 94.1 Å². The number of amides is 1. The van der Waals surface area contributed by atoms with Crippen LogP contribution in [0.5, 0.6) is 0 Å². The van der Waals surface area contributed by atoms with Crippen LogP contribution in [0.2, 0.25) is 0 Å². The summed E-state index contributed by atoms with van der Waals surface area (Å²) < 4.78 is 207. The molecule has 0 radical (unpaired) electrons. The molecule has 5 aromatic rings. The lowest BCUT2D eigenvalue weighted by Crippen LogP contribution is -2.34. The summed E-state index contributed by atoms with van der Waals surface area (Å²) in [4.78, 5) is 51.0. The average molecular weight is 1520 g/mol. The number of aliphatic carboxylic acids is 1. The summed E-state index contributed by atoms with van der Waals surface area (Å²) in [5.41, 5.74) is 3.69. The zero-order chi connectivity index (χ0) is 76.1. The first-order valence-corrected chi connectivity index (χ1v) is 39.4. The molecule has 1 heterocycles. The summed E-state index contributed by atoms with van der Waals surface area (Å²) in [7, 11) is -19.9. The van der Waals surface area contributed by atoms with Gasteiger partial charge >= 0.3 is 24.0 Å². The van der Waals surface area contributed by atoms with Gasteiger partial charge in [-0.25, -0.2) is 61.0 Å². The van der Waals surface area contributed by atoms with Crippen LogP contribution < -0.4 is 19.7 Å². The molecular weight excluding hydrogens is 1430 g/mol. The Hall–Kier alpha value is -7.98. The number of anilines is 2. The maximum Gasteiger partial charge on any atom is 0.407 e. The third-order valence-corrected chi connectivity index (χ3v) is 26.6. The van der Waals surface area contributed by atoms with Gasteiger partial charge in [0.15, 0.2) is 28.2 Å². The molecule has 23 nitrogen and oxygen atoms in total. The number of hydrogen-bond donors (Lipinski definition) is 3. The molecule has 554 valence electrons. The zero-order valence-corrected chi connectivity index (χ0v) is 63.3. The van der Waals surface area contributed by atoms with Gasteiger partial charge in [0, 0.05) is 83.6 Å². The van der Waals surface area contributed by atoms with Gasteiger partial charge in [-0.15, -0.1) is 15.9 Å². The van der Waals surface area contributed by atoms with Gasteiger partial charge in [-0.05, 0) is 139 Å². The average Bonchev–Trinajstić information content (AvgIpc) is 0.744. The largest absolute Gasteiger partial charge is 0.481 e. The van der Waals surface area contributed by atoms with E-state index in [9.17, 15) is 52.8 Å². The molecule has 0 spiro atoms. The van der Waals surface area contributed by atoms with Crippen molar-refractivity contribution in [2.75, 3.05) is 56.6 Å². The number of benzene rings is 6. The SMILES string of the molecule is CCN(CC)S(=O)(=O)c1c(C)cc(C)c(/N=c2\ccc3c(-c4ccccc4S(=O)(=O)NS(=O)(=O)c4c(F)c(F)c(SCC(COC(=O)NCCOC(=O)C(C)(C)CC)OC(=O)CCC(=O)O)c(F)c4F)c4ccc(N(c5c(C)cc(C)c(S(=O)(=O)N(CC)CC)c5C)C(C)C)cc4oc-3c2)c1C. The molecule has 0 aromatic heterocycles. The highest BCUT2D eigenvalue weighted by Crippen LogP contribution is 2.46. The Morgan fingerprint density at radius 1 is 0.667 bits per heavy atom. The molecule has 3 N–H and O–H groups in total. The standard InChI is InChI=1S/C70H84F4N6O17S5/c1-16-70(14,15)68(84)94-32-31-75-69(85)95-37-48(96-56(83)30-29-55(81)82)38-98-64-58(71)60(73)67(61(74)59(64)72)100(88,89)77-99(86,87)54-24-22-21-23-51(54)57-49-27-25-46(76-62-40(8)33-42(10)65(44(62)12)101(90,91)78(17-2)18-3)35-52(49)97-53-36-47(26-28-50(53)57)80(39(6)7)63-41(9)34-43(11)66(45(63)13)102(92,93)79(19-4)20-5/h21-28,33-36,39,48,77H,16-20,29-32,37-38H2,1-15H3,(H,75,85)(H,81,82)/b76-46+. The fourth-order valence-corrected chi connectivity index (χ4v) is 19.9. The fraction of sp³-hybridized carbons (Fsp3) is 0.414. The van der Waals surface area contributed by atoms with Crippen molar-refractivity contribution in [2.45, 2.75) is 160 Å². The molecule has 7 rings (SSSR count). The van der Waals surface area contributed by atoms with Crippen molar-refractivity contribution in [3.8, 4) is 22.5 Å². The number of fused-ring (bicyclic) bond motifs is 2. The molecule has 1 aliphatic heterocycles. The number of carbonyl (C=O) groups is 4. The van der Waals surface area contributed by atoms with Crippen LogP contribution in [0.3, 0.4) is 0 Å². The Morgan fingerprint density at radius 2 is 1.25 bits per heavy atom. The molecule has 32 heteroatoms. The first kappa shape index (κ1) is 81.3. The van der Waals surface area contributed by atoms with Crippen molar-refractivity contribution in [1.82, 2.24) is 18.1 Å². The summed E-state index contributed by atoms with van der Waals surface area (Å²) >= 11 is -0.0877. The zero-order valence-electron chi connectivity index (χ0n) is 59.2. The van der Waals surface area contributed by atoms with Gasteiger partial charge in [-0.3, -0.25) is 14.4 Å². The number of alkyl carbamates (subject to hydrolysis) is 1. The molecule has 0 bridgehead atoms. The van der Waals surface area contributed by atoms with Crippen LogP contribution in [0.1, 0.15) is 115 Å². The number of sulfonamides is 4. The lowest BCUT2D eigenvalue weighted by atomic mass is 9.91. The van der Waals surface area contributed by atoms with Crippen LogP contribution in [0.25, 0.3) is 33.4 Å². The second-order valence-electron chi connectivity index (χ2n) is 24.9. The Labute approximate surface area is 596 Å². The number of carboxylic acids is 1. The van der Waals surface area contributed by atoms with Crippen molar-refractivity contribution in [1.29, 1.82) is 0 Å². The Morgan fingerprint density at radius 3 is 1.81 bits per heavy atom. The molecule has 1 amide bonds. The monoisotopic (exact) mass is 1520 g/mol. The van der Waals surface area contributed by atoms with Crippen LogP contribution in [-0.4, -0.2) is 135 Å². The Bertz CT molecular complexity index is 4900. The first-order chi connectivity index (χ1) is 47.7. The minimum absolute atomic E-state index is 0.0326. The van der Waals surface area contributed by atoms with Gasteiger partial charge in [-0.1, -0.05) is 65.0 Å². The maximum absolute atomic E-state index is 16.4. The second kappa shape index (κ2) is 32.8. The molecule has 0 fully saturated rings. The number of carbonyl (C=O) groups excluding carboxylic acids is 3. The number of carboxylic acid groups (broad SMARTS) is 1. The van der Waals surface area contributed by atoms with Crippen molar-refractivity contribution in [2.24, 2.45) is 10.4 Å². The third-order valence-electron chi connectivity index (χ3n) is 17.1. The van der Waals surface area contributed by atoms with E-state index < -0.39 is 139 Å². The topological polar surface area (TPSA) is 312 Å². The summed E-state index contributed by atoms with van der Waals surface area (Å²) in [5, 5.41) is 11.8. The number of halogens is 4. The third kappa shape index (κ3) is 17.3. The van der Waals surface area contributed by atoms with Crippen molar-refractivity contribution in [3.63, 3.8) is 0 Å². The van der Waals surface area contributed by atoms with Crippen LogP contribution in [0.4, 0.5) is 39.4 Å².